The molecule has 4 atom stereocenters. The van der Waals surface area contributed by atoms with E-state index in [4.69, 9.17) is 14.6 Å². The van der Waals surface area contributed by atoms with Crippen molar-refractivity contribution in [2.24, 2.45) is 23.2 Å². The van der Waals surface area contributed by atoms with E-state index in [-0.39, 0.29) is 23.5 Å². The second-order valence-electron chi connectivity index (χ2n) is 12.5. The number of ether oxygens (including phenoxy) is 2. The third kappa shape index (κ3) is 8.43. The number of benzene rings is 1. The highest BCUT2D eigenvalue weighted by atomic mass is 16.5. The first-order valence-electron chi connectivity index (χ1n) is 14.0. The molecule has 0 fully saturated rings. The standard InChI is InChI=1S/C31H52O4/c1-22(2)12-9-13-23(3)14-10-15-24(4)16-11-19-31(8)30(6,7)25(5)27-20-26(34-21-29(32)33)17-18-28(27)35-31/h17-18,20,22-25H,9-16,19,21H2,1-8H3,(H,32,33)/t23-,24-,25?,31-/m1/s1. The van der Waals surface area contributed by atoms with Crippen LogP contribution in [0.1, 0.15) is 125 Å². The third-order valence-electron chi connectivity index (χ3n) is 8.81. The minimum Gasteiger partial charge on any atom is -0.487 e. The fraction of sp³-hybridized carbons (Fsp3) is 0.774. The average Bonchev–Trinajstić information content (AvgIpc) is 2.76. The van der Waals surface area contributed by atoms with E-state index in [1.54, 1.807) is 0 Å². The molecule has 0 radical (unpaired) electrons. The van der Waals surface area contributed by atoms with Gasteiger partial charge in [0, 0.05) is 11.0 Å². The van der Waals surface area contributed by atoms with Crippen LogP contribution in [-0.4, -0.2) is 23.3 Å². The van der Waals surface area contributed by atoms with Gasteiger partial charge >= 0.3 is 5.97 Å². The molecule has 1 aliphatic rings. The van der Waals surface area contributed by atoms with Crippen molar-refractivity contribution in [2.45, 2.75) is 125 Å². The molecule has 4 heteroatoms. The maximum atomic E-state index is 10.9. The zero-order valence-corrected chi connectivity index (χ0v) is 23.8. The summed E-state index contributed by atoms with van der Waals surface area (Å²) in [5.74, 6) is 3.24. The SMILES string of the molecule is CC(C)CCC[C@@H](C)CCC[C@@H](C)CCC[C@@]1(C)Oc2ccc(OCC(=O)O)cc2C(C)C1(C)C. The Morgan fingerprint density at radius 1 is 0.971 bits per heavy atom. The van der Waals surface area contributed by atoms with E-state index in [1.807, 2.05) is 18.2 Å². The Morgan fingerprint density at radius 2 is 1.54 bits per heavy atom. The Bertz CT molecular complexity index is 799. The topological polar surface area (TPSA) is 55.8 Å². The van der Waals surface area contributed by atoms with Gasteiger partial charge in [-0.2, -0.15) is 0 Å². The summed E-state index contributed by atoms with van der Waals surface area (Å²) >= 11 is 0. The van der Waals surface area contributed by atoms with Gasteiger partial charge in [0.15, 0.2) is 6.61 Å². The second-order valence-corrected chi connectivity index (χ2v) is 12.5. The van der Waals surface area contributed by atoms with Crippen LogP contribution in [0, 0.1) is 23.2 Å². The molecule has 1 aliphatic heterocycles. The zero-order chi connectivity index (χ0) is 26.2. The number of fused-ring (bicyclic) bond motifs is 1. The molecule has 0 amide bonds. The van der Waals surface area contributed by atoms with Crippen LogP contribution in [0.25, 0.3) is 0 Å². The lowest BCUT2D eigenvalue weighted by molar-refractivity contribution is -0.139. The molecular formula is C31H52O4. The number of rotatable bonds is 15. The van der Waals surface area contributed by atoms with Crippen molar-refractivity contribution in [3.8, 4) is 11.5 Å². The number of hydrogen-bond donors (Lipinski definition) is 1. The highest BCUT2D eigenvalue weighted by Gasteiger charge is 2.50. The third-order valence-corrected chi connectivity index (χ3v) is 8.81. The summed E-state index contributed by atoms with van der Waals surface area (Å²) in [5.41, 5.74) is 0.805. The fourth-order valence-corrected chi connectivity index (χ4v) is 5.55. The molecule has 1 unspecified atom stereocenters. The van der Waals surface area contributed by atoms with Crippen molar-refractivity contribution >= 4 is 5.97 Å². The highest BCUT2D eigenvalue weighted by molar-refractivity contribution is 5.68. The van der Waals surface area contributed by atoms with Gasteiger partial charge in [-0.15, -0.1) is 0 Å². The molecule has 0 saturated heterocycles. The largest absolute Gasteiger partial charge is 0.487 e. The van der Waals surface area contributed by atoms with Gasteiger partial charge in [-0.3, -0.25) is 0 Å². The maximum absolute atomic E-state index is 10.9. The summed E-state index contributed by atoms with van der Waals surface area (Å²) in [4.78, 5) is 10.9. The van der Waals surface area contributed by atoms with Gasteiger partial charge in [0.2, 0.25) is 0 Å². The summed E-state index contributed by atoms with van der Waals surface area (Å²) in [6.45, 7) is 18.3. The van der Waals surface area contributed by atoms with E-state index in [1.165, 1.54) is 51.4 Å². The molecule has 4 nitrogen and oxygen atoms in total. The summed E-state index contributed by atoms with van der Waals surface area (Å²) < 4.78 is 12.1. The van der Waals surface area contributed by atoms with Gasteiger partial charge in [0.25, 0.3) is 0 Å². The van der Waals surface area contributed by atoms with Gasteiger partial charge in [-0.05, 0) is 61.6 Å². The van der Waals surface area contributed by atoms with Crippen molar-refractivity contribution in [1.82, 2.24) is 0 Å². The average molecular weight is 489 g/mol. The zero-order valence-electron chi connectivity index (χ0n) is 23.8. The predicted molar refractivity (Wildman–Crippen MR) is 146 cm³/mol. The van der Waals surface area contributed by atoms with Crippen molar-refractivity contribution in [2.75, 3.05) is 6.61 Å². The summed E-state index contributed by atoms with van der Waals surface area (Å²) in [5, 5.41) is 8.91. The smallest absolute Gasteiger partial charge is 0.341 e. The van der Waals surface area contributed by atoms with Gasteiger partial charge in [0.1, 0.15) is 17.1 Å². The number of aliphatic carboxylic acids is 1. The maximum Gasteiger partial charge on any atom is 0.341 e. The molecule has 0 spiro atoms. The lowest BCUT2D eigenvalue weighted by Gasteiger charge is -2.52. The lowest BCUT2D eigenvalue weighted by Crippen LogP contribution is -2.52. The van der Waals surface area contributed by atoms with Crippen LogP contribution in [0.15, 0.2) is 18.2 Å². The van der Waals surface area contributed by atoms with E-state index in [0.29, 0.717) is 5.75 Å². The van der Waals surface area contributed by atoms with Crippen LogP contribution in [-0.2, 0) is 4.79 Å². The lowest BCUT2D eigenvalue weighted by atomic mass is 9.62. The molecule has 200 valence electrons. The predicted octanol–water partition coefficient (Wildman–Crippen LogP) is 8.87. The number of carbonyl (C=O) groups is 1. The Labute approximate surface area is 215 Å². The summed E-state index contributed by atoms with van der Waals surface area (Å²) in [6, 6.07) is 5.72. The van der Waals surface area contributed by atoms with Crippen molar-refractivity contribution < 1.29 is 19.4 Å². The first kappa shape index (κ1) is 29.5. The Hall–Kier alpha value is -1.71. The Kier molecular flexibility index (Phi) is 11.0. The summed E-state index contributed by atoms with van der Waals surface area (Å²) in [7, 11) is 0. The Morgan fingerprint density at radius 3 is 2.11 bits per heavy atom. The first-order chi connectivity index (χ1) is 16.4. The minimum atomic E-state index is -0.967. The van der Waals surface area contributed by atoms with Crippen molar-refractivity contribution in [3.63, 3.8) is 0 Å². The highest BCUT2D eigenvalue weighted by Crippen LogP contribution is 2.55. The van der Waals surface area contributed by atoms with E-state index in [2.05, 4.69) is 55.4 Å². The molecule has 0 aliphatic carbocycles. The van der Waals surface area contributed by atoms with E-state index in [9.17, 15) is 4.79 Å². The van der Waals surface area contributed by atoms with Gasteiger partial charge in [-0.1, -0.05) is 93.4 Å². The van der Waals surface area contributed by atoms with Crippen molar-refractivity contribution in [1.29, 1.82) is 0 Å². The van der Waals surface area contributed by atoms with Crippen LogP contribution in [0.5, 0.6) is 11.5 Å². The quantitative estimate of drug-likeness (QED) is 0.268. The van der Waals surface area contributed by atoms with Crippen LogP contribution in [0.2, 0.25) is 0 Å². The van der Waals surface area contributed by atoms with Gasteiger partial charge < -0.3 is 14.6 Å². The molecule has 0 saturated carbocycles. The van der Waals surface area contributed by atoms with E-state index in [0.717, 1.165) is 35.5 Å². The van der Waals surface area contributed by atoms with Gasteiger partial charge in [-0.25, -0.2) is 4.79 Å². The van der Waals surface area contributed by atoms with Crippen LogP contribution in [0.3, 0.4) is 0 Å². The molecule has 1 N–H and O–H groups in total. The van der Waals surface area contributed by atoms with Crippen LogP contribution in [0.4, 0.5) is 0 Å². The van der Waals surface area contributed by atoms with E-state index >= 15 is 0 Å². The van der Waals surface area contributed by atoms with Crippen LogP contribution >= 0.6 is 0 Å². The van der Waals surface area contributed by atoms with Gasteiger partial charge in [0.05, 0.1) is 0 Å². The molecular weight excluding hydrogens is 436 g/mol. The number of carboxylic acids is 1. The fourth-order valence-electron chi connectivity index (χ4n) is 5.55. The second kappa shape index (κ2) is 13.0. The monoisotopic (exact) mass is 488 g/mol. The molecule has 35 heavy (non-hydrogen) atoms. The van der Waals surface area contributed by atoms with Crippen LogP contribution < -0.4 is 9.47 Å². The first-order valence-corrected chi connectivity index (χ1v) is 14.0. The number of carboxylic acid groups (broad SMARTS) is 1. The molecule has 2 rings (SSSR count). The molecule has 0 aromatic heterocycles. The number of hydrogen-bond acceptors (Lipinski definition) is 3. The van der Waals surface area contributed by atoms with Crippen molar-refractivity contribution in [3.05, 3.63) is 23.8 Å². The van der Waals surface area contributed by atoms with E-state index < -0.39 is 5.97 Å². The molecule has 1 aromatic rings. The molecule has 1 aromatic carbocycles. The molecule has 0 bridgehead atoms. The molecule has 1 heterocycles. The minimum absolute atomic E-state index is 0.0555. The summed E-state index contributed by atoms with van der Waals surface area (Å²) in [6.07, 6.45) is 11.6. The normalized spacial score (nSPS) is 22.8. The Balaban J connectivity index is 1.85.